The molecule has 4 heteroatoms. The summed E-state index contributed by atoms with van der Waals surface area (Å²) >= 11 is 0. The Bertz CT molecular complexity index is 281. The predicted octanol–water partition coefficient (Wildman–Crippen LogP) is 1.53. The summed E-state index contributed by atoms with van der Waals surface area (Å²) in [4.78, 5) is 14.5. The third-order valence-corrected chi connectivity index (χ3v) is 4.48. The van der Waals surface area contributed by atoms with E-state index in [1.54, 1.807) is 7.11 Å². The van der Waals surface area contributed by atoms with Crippen LogP contribution in [-0.2, 0) is 9.53 Å². The molecule has 1 heterocycles. The van der Waals surface area contributed by atoms with Crippen molar-refractivity contribution in [1.29, 1.82) is 0 Å². The summed E-state index contributed by atoms with van der Waals surface area (Å²) < 4.78 is 5.01. The molecule has 0 aromatic carbocycles. The number of nitrogens with two attached hydrogens (primary N) is 1. The average Bonchev–Trinajstić information content (AvgIpc) is 2.43. The number of hydrogen-bond donors (Lipinski definition) is 1. The van der Waals surface area contributed by atoms with Crippen molar-refractivity contribution < 1.29 is 9.53 Å². The molecule has 104 valence electrons. The Labute approximate surface area is 110 Å². The van der Waals surface area contributed by atoms with Crippen LogP contribution in [0.25, 0.3) is 0 Å². The Balaban J connectivity index is 1.95. The number of amides is 1. The first kappa shape index (κ1) is 13.8. The van der Waals surface area contributed by atoms with Gasteiger partial charge in [-0.05, 0) is 38.0 Å². The number of carbonyl (C=O) groups is 1. The lowest BCUT2D eigenvalue weighted by atomic mass is 9.78. The molecule has 1 unspecified atom stereocenters. The van der Waals surface area contributed by atoms with Gasteiger partial charge >= 0.3 is 0 Å². The second-order valence-electron chi connectivity index (χ2n) is 5.67. The summed E-state index contributed by atoms with van der Waals surface area (Å²) in [6, 6.07) is 0.0826. The van der Waals surface area contributed by atoms with Crippen molar-refractivity contribution in [3.05, 3.63) is 0 Å². The van der Waals surface area contributed by atoms with Crippen molar-refractivity contribution in [3.63, 3.8) is 0 Å². The molecule has 2 N–H and O–H groups in total. The Morgan fingerprint density at radius 1 is 1.33 bits per heavy atom. The molecule has 3 atom stereocenters. The van der Waals surface area contributed by atoms with Gasteiger partial charge in [-0.25, -0.2) is 0 Å². The van der Waals surface area contributed by atoms with Gasteiger partial charge in [0.2, 0.25) is 5.91 Å². The molecule has 0 aromatic rings. The van der Waals surface area contributed by atoms with Gasteiger partial charge in [-0.2, -0.15) is 0 Å². The topological polar surface area (TPSA) is 55.6 Å². The number of carbonyl (C=O) groups excluding carboxylic acids is 1. The van der Waals surface area contributed by atoms with E-state index in [0.717, 1.165) is 18.9 Å². The van der Waals surface area contributed by atoms with Crippen LogP contribution in [0.5, 0.6) is 0 Å². The quantitative estimate of drug-likeness (QED) is 0.828. The Morgan fingerprint density at radius 2 is 2.06 bits per heavy atom. The lowest BCUT2D eigenvalue weighted by Crippen LogP contribution is -2.54. The predicted molar refractivity (Wildman–Crippen MR) is 71.2 cm³/mol. The molecule has 0 bridgehead atoms. The van der Waals surface area contributed by atoms with E-state index in [1.165, 1.54) is 32.1 Å². The van der Waals surface area contributed by atoms with E-state index < -0.39 is 0 Å². The highest BCUT2D eigenvalue weighted by molar-refractivity contribution is 5.82. The fourth-order valence-electron chi connectivity index (χ4n) is 3.48. The number of rotatable bonds is 4. The van der Waals surface area contributed by atoms with Gasteiger partial charge in [0.25, 0.3) is 0 Å². The molecule has 0 radical (unpaired) electrons. The minimum absolute atomic E-state index is 0.142. The molecule has 2 fully saturated rings. The summed E-state index contributed by atoms with van der Waals surface area (Å²) in [5, 5.41) is 0. The van der Waals surface area contributed by atoms with E-state index >= 15 is 0 Å². The minimum Gasteiger partial charge on any atom is -0.385 e. The maximum Gasteiger partial charge on any atom is 0.239 e. The molecule has 0 aromatic heterocycles. The van der Waals surface area contributed by atoms with Crippen molar-refractivity contribution in [2.45, 2.75) is 57.0 Å². The summed E-state index contributed by atoms with van der Waals surface area (Å²) in [7, 11) is 1.65. The van der Waals surface area contributed by atoms with Crippen LogP contribution in [0.15, 0.2) is 0 Å². The number of methoxy groups -OCH3 is 1. The molecule has 2 rings (SSSR count). The molecular formula is C14H26N2O2. The minimum atomic E-state index is -0.384. The Hall–Kier alpha value is -0.610. The molecule has 1 amide bonds. The van der Waals surface area contributed by atoms with Gasteiger partial charge in [-0.1, -0.05) is 12.8 Å². The number of nitrogens with zero attached hydrogens (tertiary/aromatic N) is 1. The molecule has 1 saturated heterocycles. The lowest BCUT2D eigenvalue weighted by molar-refractivity contribution is -0.139. The maximum absolute atomic E-state index is 12.4. The second kappa shape index (κ2) is 6.53. The summed E-state index contributed by atoms with van der Waals surface area (Å²) in [6.45, 7) is 1.47. The molecule has 1 aliphatic heterocycles. The largest absolute Gasteiger partial charge is 0.385 e. The van der Waals surface area contributed by atoms with Crippen molar-refractivity contribution in [2.75, 3.05) is 20.3 Å². The number of ether oxygens (including phenoxy) is 1. The van der Waals surface area contributed by atoms with E-state index in [9.17, 15) is 4.79 Å². The van der Waals surface area contributed by atoms with Gasteiger partial charge < -0.3 is 15.4 Å². The molecule has 1 aliphatic carbocycles. The monoisotopic (exact) mass is 254 g/mol. The molecule has 4 nitrogen and oxygen atoms in total. The Morgan fingerprint density at radius 3 is 2.83 bits per heavy atom. The SMILES string of the molecule is COCCC(N)C(=O)N1CCC[C@H]2CCCC[C@H]21. The summed E-state index contributed by atoms with van der Waals surface area (Å²) in [6.07, 6.45) is 8.13. The zero-order valence-corrected chi connectivity index (χ0v) is 11.4. The third-order valence-electron chi connectivity index (χ3n) is 4.48. The molecule has 18 heavy (non-hydrogen) atoms. The van der Waals surface area contributed by atoms with E-state index in [0.29, 0.717) is 19.1 Å². The van der Waals surface area contributed by atoms with Crippen LogP contribution in [0.2, 0.25) is 0 Å². The highest BCUT2D eigenvalue weighted by Gasteiger charge is 2.36. The van der Waals surface area contributed by atoms with Crippen LogP contribution < -0.4 is 5.73 Å². The van der Waals surface area contributed by atoms with Crippen LogP contribution in [-0.4, -0.2) is 43.2 Å². The fraction of sp³-hybridized carbons (Fsp3) is 0.929. The van der Waals surface area contributed by atoms with E-state index in [-0.39, 0.29) is 11.9 Å². The zero-order valence-electron chi connectivity index (χ0n) is 11.4. The number of likely N-dealkylation sites (tertiary alicyclic amines) is 1. The van der Waals surface area contributed by atoms with Crippen LogP contribution in [0, 0.1) is 5.92 Å². The molecule has 0 spiro atoms. The molecular weight excluding hydrogens is 228 g/mol. The van der Waals surface area contributed by atoms with Crippen molar-refractivity contribution in [2.24, 2.45) is 11.7 Å². The summed E-state index contributed by atoms with van der Waals surface area (Å²) in [5.41, 5.74) is 5.98. The normalized spacial score (nSPS) is 29.8. The third kappa shape index (κ3) is 3.04. The maximum atomic E-state index is 12.4. The van der Waals surface area contributed by atoms with Gasteiger partial charge in [0.15, 0.2) is 0 Å². The van der Waals surface area contributed by atoms with Gasteiger partial charge in [0.1, 0.15) is 0 Å². The van der Waals surface area contributed by atoms with Crippen molar-refractivity contribution in [1.82, 2.24) is 4.90 Å². The first-order valence-electron chi connectivity index (χ1n) is 7.29. The number of fused-ring (bicyclic) bond motifs is 1. The molecule has 1 saturated carbocycles. The summed E-state index contributed by atoms with van der Waals surface area (Å²) in [5.74, 6) is 0.870. The van der Waals surface area contributed by atoms with Crippen LogP contribution in [0.4, 0.5) is 0 Å². The zero-order chi connectivity index (χ0) is 13.0. The van der Waals surface area contributed by atoms with Crippen LogP contribution >= 0.6 is 0 Å². The highest BCUT2D eigenvalue weighted by atomic mass is 16.5. The first-order valence-corrected chi connectivity index (χ1v) is 7.29. The second-order valence-corrected chi connectivity index (χ2v) is 5.67. The van der Waals surface area contributed by atoms with Gasteiger partial charge in [0, 0.05) is 26.3 Å². The smallest absolute Gasteiger partial charge is 0.239 e. The lowest BCUT2D eigenvalue weighted by Gasteiger charge is -2.45. The Kier molecular flexibility index (Phi) is 5.01. The fourth-order valence-corrected chi connectivity index (χ4v) is 3.48. The van der Waals surface area contributed by atoms with E-state index in [4.69, 9.17) is 10.5 Å². The molecule has 2 aliphatic rings. The number of piperidine rings is 1. The van der Waals surface area contributed by atoms with Gasteiger partial charge in [-0.15, -0.1) is 0 Å². The van der Waals surface area contributed by atoms with Crippen molar-refractivity contribution in [3.8, 4) is 0 Å². The highest BCUT2D eigenvalue weighted by Crippen LogP contribution is 2.35. The van der Waals surface area contributed by atoms with E-state index in [1.807, 2.05) is 0 Å². The number of hydrogen-bond acceptors (Lipinski definition) is 3. The van der Waals surface area contributed by atoms with Crippen molar-refractivity contribution >= 4 is 5.91 Å². The van der Waals surface area contributed by atoms with Gasteiger partial charge in [-0.3, -0.25) is 4.79 Å². The van der Waals surface area contributed by atoms with Crippen LogP contribution in [0.1, 0.15) is 44.9 Å². The van der Waals surface area contributed by atoms with Gasteiger partial charge in [0.05, 0.1) is 6.04 Å². The van der Waals surface area contributed by atoms with Crippen LogP contribution in [0.3, 0.4) is 0 Å². The average molecular weight is 254 g/mol. The first-order chi connectivity index (χ1) is 8.74. The standard InChI is InChI=1S/C14H26N2O2/c1-18-10-8-12(15)14(17)16-9-4-6-11-5-2-3-7-13(11)16/h11-13H,2-10,15H2,1H3/t11-,12?,13-/m1/s1. The van der Waals surface area contributed by atoms with E-state index in [2.05, 4.69) is 4.90 Å².